The lowest BCUT2D eigenvalue weighted by atomic mass is 9.91. The predicted octanol–water partition coefficient (Wildman–Crippen LogP) is 2.32. The van der Waals surface area contributed by atoms with Crippen LogP contribution in [0.4, 0.5) is 0 Å². The minimum atomic E-state index is 0.736. The summed E-state index contributed by atoms with van der Waals surface area (Å²) in [5.41, 5.74) is 0. The zero-order valence-corrected chi connectivity index (χ0v) is 13.3. The first-order chi connectivity index (χ1) is 9.81. The minimum Gasteiger partial charge on any atom is -0.314 e. The molecule has 0 saturated carbocycles. The van der Waals surface area contributed by atoms with Gasteiger partial charge in [0.05, 0.1) is 0 Å². The third kappa shape index (κ3) is 3.96. The summed E-state index contributed by atoms with van der Waals surface area (Å²) >= 11 is 0. The second-order valence-corrected chi connectivity index (χ2v) is 7.37. The van der Waals surface area contributed by atoms with Gasteiger partial charge in [0.2, 0.25) is 0 Å². The predicted molar refractivity (Wildman–Crippen MR) is 85.1 cm³/mol. The van der Waals surface area contributed by atoms with E-state index >= 15 is 0 Å². The Kier molecular flexibility index (Phi) is 5.36. The van der Waals surface area contributed by atoms with E-state index in [0.29, 0.717) is 0 Å². The quantitative estimate of drug-likeness (QED) is 0.855. The number of hydrogen-bond donors (Lipinski definition) is 1. The summed E-state index contributed by atoms with van der Waals surface area (Å²) in [5.74, 6) is 0.942. The molecule has 0 aliphatic carbocycles. The Bertz CT molecular complexity index is 280. The van der Waals surface area contributed by atoms with Gasteiger partial charge in [-0.1, -0.05) is 6.42 Å². The van der Waals surface area contributed by atoms with E-state index in [9.17, 15) is 0 Å². The van der Waals surface area contributed by atoms with E-state index < -0.39 is 0 Å². The summed E-state index contributed by atoms with van der Waals surface area (Å²) in [7, 11) is 0. The summed E-state index contributed by atoms with van der Waals surface area (Å²) in [6, 6.07) is 1.64. The molecule has 116 valence electrons. The molecule has 20 heavy (non-hydrogen) atoms. The van der Waals surface area contributed by atoms with Crippen LogP contribution in [0.15, 0.2) is 0 Å². The zero-order chi connectivity index (χ0) is 13.8. The van der Waals surface area contributed by atoms with Crippen molar-refractivity contribution >= 4 is 0 Å². The molecule has 0 amide bonds. The molecule has 0 bridgehead atoms. The third-order valence-electron chi connectivity index (χ3n) is 5.71. The second-order valence-electron chi connectivity index (χ2n) is 7.37. The van der Waals surface area contributed by atoms with Gasteiger partial charge in [0.25, 0.3) is 0 Å². The number of piperidine rings is 3. The highest BCUT2D eigenvalue weighted by Crippen LogP contribution is 2.23. The molecule has 3 fully saturated rings. The van der Waals surface area contributed by atoms with Crippen molar-refractivity contribution in [3.8, 4) is 0 Å². The Hall–Kier alpha value is -0.120. The van der Waals surface area contributed by atoms with E-state index in [2.05, 4.69) is 22.0 Å². The molecule has 0 spiro atoms. The number of nitrogens with zero attached hydrogens (tertiary/aromatic N) is 2. The van der Waals surface area contributed by atoms with Crippen molar-refractivity contribution in [1.29, 1.82) is 0 Å². The van der Waals surface area contributed by atoms with Crippen LogP contribution in [0.2, 0.25) is 0 Å². The fourth-order valence-corrected chi connectivity index (χ4v) is 4.52. The fraction of sp³-hybridized carbons (Fsp3) is 1.00. The maximum Gasteiger partial charge on any atom is 0.0120 e. The molecule has 2 unspecified atom stereocenters. The van der Waals surface area contributed by atoms with E-state index in [-0.39, 0.29) is 0 Å². The Labute approximate surface area is 125 Å². The van der Waals surface area contributed by atoms with Gasteiger partial charge < -0.3 is 15.1 Å². The van der Waals surface area contributed by atoms with Crippen LogP contribution in [0.3, 0.4) is 0 Å². The smallest absolute Gasteiger partial charge is 0.0120 e. The Morgan fingerprint density at radius 2 is 1.70 bits per heavy atom. The monoisotopic (exact) mass is 279 g/mol. The van der Waals surface area contributed by atoms with E-state index in [1.54, 1.807) is 0 Å². The van der Waals surface area contributed by atoms with Crippen molar-refractivity contribution in [2.24, 2.45) is 5.92 Å². The SMILES string of the molecule is CC1CC(CN2CCC(N3CCCCC3)CC2)CCN1. The number of rotatable bonds is 3. The van der Waals surface area contributed by atoms with Crippen LogP contribution in [0, 0.1) is 5.92 Å². The van der Waals surface area contributed by atoms with Crippen molar-refractivity contribution in [1.82, 2.24) is 15.1 Å². The van der Waals surface area contributed by atoms with Crippen LogP contribution >= 0.6 is 0 Å². The van der Waals surface area contributed by atoms with Crippen LogP contribution in [0.5, 0.6) is 0 Å². The van der Waals surface area contributed by atoms with Crippen LogP contribution in [-0.2, 0) is 0 Å². The molecule has 3 saturated heterocycles. The Morgan fingerprint density at radius 1 is 0.950 bits per heavy atom. The van der Waals surface area contributed by atoms with E-state index in [4.69, 9.17) is 0 Å². The van der Waals surface area contributed by atoms with Gasteiger partial charge in [-0.3, -0.25) is 0 Å². The molecule has 0 aromatic rings. The summed E-state index contributed by atoms with van der Waals surface area (Å²) < 4.78 is 0. The first kappa shape index (κ1) is 14.8. The average molecular weight is 279 g/mol. The van der Waals surface area contributed by atoms with Gasteiger partial charge in [-0.05, 0) is 84.1 Å². The van der Waals surface area contributed by atoms with Crippen LogP contribution in [0.1, 0.15) is 51.9 Å². The molecule has 0 radical (unpaired) electrons. The highest BCUT2D eigenvalue weighted by Gasteiger charge is 2.27. The first-order valence-corrected chi connectivity index (χ1v) is 9.01. The second kappa shape index (κ2) is 7.24. The largest absolute Gasteiger partial charge is 0.314 e. The lowest BCUT2D eigenvalue weighted by Crippen LogP contribution is -2.48. The fourth-order valence-electron chi connectivity index (χ4n) is 4.52. The van der Waals surface area contributed by atoms with Gasteiger partial charge in [-0.2, -0.15) is 0 Å². The molecule has 3 rings (SSSR count). The maximum absolute atomic E-state index is 3.57. The average Bonchev–Trinajstić information content (AvgIpc) is 2.49. The first-order valence-electron chi connectivity index (χ1n) is 9.01. The molecule has 3 aliphatic heterocycles. The summed E-state index contributed by atoms with van der Waals surface area (Å²) in [5, 5.41) is 3.57. The molecule has 3 nitrogen and oxygen atoms in total. The number of likely N-dealkylation sites (tertiary alicyclic amines) is 2. The molecule has 0 aromatic carbocycles. The number of hydrogen-bond acceptors (Lipinski definition) is 3. The summed E-state index contributed by atoms with van der Waals surface area (Å²) in [4.78, 5) is 5.54. The molecule has 1 N–H and O–H groups in total. The maximum atomic E-state index is 3.57. The standard InChI is InChI=1S/C17H33N3/c1-15-13-16(5-8-18-15)14-19-11-6-17(7-12-19)20-9-3-2-4-10-20/h15-18H,2-14H2,1H3. The topological polar surface area (TPSA) is 18.5 Å². The van der Waals surface area contributed by atoms with Crippen molar-refractivity contribution in [3.05, 3.63) is 0 Å². The zero-order valence-electron chi connectivity index (χ0n) is 13.3. The van der Waals surface area contributed by atoms with Crippen molar-refractivity contribution in [2.75, 3.05) is 39.3 Å². The van der Waals surface area contributed by atoms with E-state index in [1.165, 1.54) is 84.2 Å². The van der Waals surface area contributed by atoms with Gasteiger partial charge in [-0.25, -0.2) is 0 Å². The lowest BCUT2D eigenvalue weighted by molar-refractivity contribution is 0.0806. The molecular formula is C17H33N3. The molecule has 3 heteroatoms. The minimum absolute atomic E-state index is 0.736. The van der Waals surface area contributed by atoms with Gasteiger partial charge in [0, 0.05) is 18.6 Å². The van der Waals surface area contributed by atoms with Gasteiger partial charge in [0.1, 0.15) is 0 Å². The van der Waals surface area contributed by atoms with Crippen LogP contribution in [-0.4, -0.2) is 61.2 Å². The normalized spacial score (nSPS) is 35.2. The summed E-state index contributed by atoms with van der Waals surface area (Å²) in [6.45, 7) is 10.4. The Morgan fingerprint density at radius 3 is 2.40 bits per heavy atom. The molecule has 3 heterocycles. The van der Waals surface area contributed by atoms with E-state index in [1.807, 2.05) is 0 Å². The van der Waals surface area contributed by atoms with Crippen molar-refractivity contribution in [2.45, 2.75) is 64.0 Å². The molecular weight excluding hydrogens is 246 g/mol. The van der Waals surface area contributed by atoms with Crippen molar-refractivity contribution in [3.63, 3.8) is 0 Å². The summed E-state index contributed by atoms with van der Waals surface area (Å²) in [6.07, 6.45) is 9.94. The van der Waals surface area contributed by atoms with Gasteiger partial charge in [-0.15, -0.1) is 0 Å². The molecule has 3 aliphatic rings. The van der Waals surface area contributed by atoms with Crippen molar-refractivity contribution < 1.29 is 0 Å². The third-order valence-corrected chi connectivity index (χ3v) is 5.71. The van der Waals surface area contributed by atoms with Gasteiger partial charge >= 0.3 is 0 Å². The Balaban J connectivity index is 1.39. The lowest BCUT2D eigenvalue weighted by Gasteiger charge is -2.41. The van der Waals surface area contributed by atoms with Crippen LogP contribution < -0.4 is 5.32 Å². The van der Waals surface area contributed by atoms with E-state index in [0.717, 1.165) is 18.0 Å². The molecule has 0 aromatic heterocycles. The molecule has 2 atom stereocenters. The highest BCUT2D eigenvalue weighted by atomic mass is 15.2. The number of nitrogens with one attached hydrogen (secondary N) is 1. The van der Waals surface area contributed by atoms with Crippen LogP contribution in [0.25, 0.3) is 0 Å². The highest BCUT2D eigenvalue weighted by molar-refractivity contribution is 4.84. The van der Waals surface area contributed by atoms with Gasteiger partial charge in [0.15, 0.2) is 0 Å².